The van der Waals surface area contributed by atoms with Crippen molar-refractivity contribution in [3.8, 4) is 0 Å². The predicted octanol–water partition coefficient (Wildman–Crippen LogP) is -0.0229. The Morgan fingerprint density at radius 2 is 2.00 bits per heavy atom. The molecule has 70 valence electrons. The summed E-state index contributed by atoms with van der Waals surface area (Å²) in [7, 11) is 0. The van der Waals surface area contributed by atoms with E-state index >= 15 is 0 Å². The molecule has 0 saturated carbocycles. The third kappa shape index (κ3) is 1.31. The summed E-state index contributed by atoms with van der Waals surface area (Å²) in [4.78, 5) is 8.03. The molecule has 0 radical (unpaired) electrons. The van der Waals surface area contributed by atoms with Gasteiger partial charge in [-0.05, 0) is 19.3 Å². The number of anilines is 2. The molecule has 13 heavy (non-hydrogen) atoms. The largest absolute Gasteiger partial charge is 0.383 e. The summed E-state index contributed by atoms with van der Waals surface area (Å²) in [5.74, 6) is 0.700. The smallest absolute Gasteiger partial charge is 0.222 e. The molecule has 1 atom stereocenters. The predicted molar refractivity (Wildman–Crippen MR) is 50.7 cm³/mol. The second-order valence-corrected chi connectivity index (χ2v) is 3.33. The molecule has 2 rings (SSSR count). The highest BCUT2D eigenvalue weighted by Gasteiger charge is 2.21. The van der Waals surface area contributed by atoms with E-state index in [0.29, 0.717) is 5.82 Å². The van der Waals surface area contributed by atoms with E-state index in [4.69, 9.17) is 17.2 Å². The molecule has 1 aromatic rings. The molecule has 0 bridgehead atoms. The van der Waals surface area contributed by atoms with Crippen LogP contribution in [0, 0.1) is 0 Å². The van der Waals surface area contributed by atoms with Gasteiger partial charge in [0.15, 0.2) is 0 Å². The minimum Gasteiger partial charge on any atom is -0.383 e. The van der Waals surface area contributed by atoms with Crippen molar-refractivity contribution in [2.24, 2.45) is 5.73 Å². The van der Waals surface area contributed by atoms with Crippen LogP contribution < -0.4 is 17.2 Å². The summed E-state index contributed by atoms with van der Waals surface area (Å²) in [5, 5.41) is 0. The summed E-state index contributed by atoms with van der Waals surface area (Å²) in [6, 6.07) is -0.0312. The SMILES string of the molecule is Nc1nc(N)c2c(n1)C(N)CCC2. The molecule has 1 aliphatic carbocycles. The van der Waals surface area contributed by atoms with E-state index in [-0.39, 0.29) is 12.0 Å². The zero-order chi connectivity index (χ0) is 9.42. The second kappa shape index (κ2) is 2.85. The number of nitrogens with zero attached hydrogens (tertiary/aromatic N) is 2. The van der Waals surface area contributed by atoms with Crippen molar-refractivity contribution < 1.29 is 0 Å². The number of hydrogen-bond donors (Lipinski definition) is 3. The number of hydrogen-bond acceptors (Lipinski definition) is 5. The first-order valence-electron chi connectivity index (χ1n) is 4.36. The van der Waals surface area contributed by atoms with Gasteiger partial charge in [0.05, 0.1) is 5.69 Å². The highest BCUT2D eigenvalue weighted by Crippen LogP contribution is 2.29. The number of nitrogens with two attached hydrogens (primary N) is 3. The first-order valence-corrected chi connectivity index (χ1v) is 4.36. The topological polar surface area (TPSA) is 104 Å². The van der Waals surface area contributed by atoms with E-state index in [0.717, 1.165) is 30.5 Å². The van der Waals surface area contributed by atoms with Crippen LogP contribution in [0.4, 0.5) is 11.8 Å². The number of rotatable bonds is 0. The Kier molecular flexibility index (Phi) is 1.81. The second-order valence-electron chi connectivity index (χ2n) is 3.33. The summed E-state index contributed by atoms with van der Waals surface area (Å²) >= 11 is 0. The molecule has 1 unspecified atom stereocenters. The van der Waals surface area contributed by atoms with Gasteiger partial charge in [-0.2, -0.15) is 4.98 Å². The molecular formula is C8H13N5. The third-order valence-electron chi connectivity index (χ3n) is 2.38. The molecule has 6 N–H and O–H groups in total. The van der Waals surface area contributed by atoms with E-state index in [2.05, 4.69) is 9.97 Å². The molecule has 0 aromatic carbocycles. The van der Waals surface area contributed by atoms with Crippen LogP contribution in [0.15, 0.2) is 0 Å². The Balaban J connectivity index is 2.56. The van der Waals surface area contributed by atoms with E-state index in [9.17, 15) is 0 Å². The lowest BCUT2D eigenvalue weighted by molar-refractivity contribution is 0.553. The van der Waals surface area contributed by atoms with Crippen LogP contribution >= 0.6 is 0 Å². The molecule has 1 aromatic heterocycles. The minimum atomic E-state index is -0.0312. The quantitative estimate of drug-likeness (QED) is 0.519. The lowest BCUT2D eigenvalue weighted by Crippen LogP contribution is -2.22. The summed E-state index contributed by atoms with van der Waals surface area (Å²) in [6.45, 7) is 0. The monoisotopic (exact) mass is 179 g/mol. The van der Waals surface area contributed by atoms with Crippen LogP contribution in [0.1, 0.15) is 30.1 Å². The van der Waals surface area contributed by atoms with Crippen LogP contribution in [0.25, 0.3) is 0 Å². The van der Waals surface area contributed by atoms with E-state index in [1.165, 1.54) is 0 Å². The Morgan fingerprint density at radius 3 is 2.77 bits per heavy atom. The molecule has 0 saturated heterocycles. The van der Waals surface area contributed by atoms with Crippen molar-refractivity contribution in [2.75, 3.05) is 11.5 Å². The molecule has 0 amide bonds. The Hall–Kier alpha value is -1.36. The van der Waals surface area contributed by atoms with Gasteiger partial charge in [-0.3, -0.25) is 0 Å². The van der Waals surface area contributed by atoms with Gasteiger partial charge >= 0.3 is 0 Å². The van der Waals surface area contributed by atoms with Gasteiger partial charge in [-0.15, -0.1) is 0 Å². The maximum Gasteiger partial charge on any atom is 0.222 e. The Morgan fingerprint density at radius 1 is 1.23 bits per heavy atom. The van der Waals surface area contributed by atoms with Gasteiger partial charge in [0, 0.05) is 11.6 Å². The molecule has 1 heterocycles. The van der Waals surface area contributed by atoms with E-state index in [1.807, 2.05) is 0 Å². The summed E-state index contributed by atoms with van der Waals surface area (Å²) < 4.78 is 0. The fourth-order valence-electron chi connectivity index (χ4n) is 1.74. The molecule has 5 nitrogen and oxygen atoms in total. The minimum absolute atomic E-state index is 0.0312. The van der Waals surface area contributed by atoms with Gasteiger partial charge in [0.1, 0.15) is 5.82 Å². The zero-order valence-electron chi connectivity index (χ0n) is 7.33. The highest BCUT2D eigenvalue weighted by molar-refractivity contribution is 5.47. The number of nitrogen functional groups attached to an aromatic ring is 2. The van der Waals surface area contributed by atoms with E-state index in [1.54, 1.807) is 0 Å². The maximum atomic E-state index is 5.88. The van der Waals surface area contributed by atoms with Gasteiger partial charge in [0.2, 0.25) is 5.95 Å². The standard InChI is InChI=1S/C8H13N5/c9-5-3-1-2-4-6(5)12-8(11)13-7(4)10/h5H,1-3,9H2,(H4,10,11,12,13). The lowest BCUT2D eigenvalue weighted by Gasteiger charge is -2.21. The zero-order valence-corrected chi connectivity index (χ0v) is 7.33. The third-order valence-corrected chi connectivity index (χ3v) is 2.38. The average Bonchev–Trinajstić information content (AvgIpc) is 2.07. The van der Waals surface area contributed by atoms with E-state index < -0.39 is 0 Å². The summed E-state index contributed by atoms with van der Waals surface area (Å²) in [6.07, 6.45) is 2.91. The van der Waals surface area contributed by atoms with Crippen molar-refractivity contribution in [2.45, 2.75) is 25.3 Å². The van der Waals surface area contributed by atoms with Crippen molar-refractivity contribution in [1.29, 1.82) is 0 Å². The molecule has 1 aliphatic rings. The average molecular weight is 179 g/mol. The maximum absolute atomic E-state index is 5.88. The van der Waals surface area contributed by atoms with Crippen molar-refractivity contribution in [3.05, 3.63) is 11.3 Å². The Bertz CT molecular complexity index is 336. The lowest BCUT2D eigenvalue weighted by atomic mass is 9.93. The van der Waals surface area contributed by atoms with Crippen LogP contribution in [-0.2, 0) is 6.42 Å². The van der Waals surface area contributed by atoms with Crippen molar-refractivity contribution in [3.63, 3.8) is 0 Å². The molecule has 0 aliphatic heterocycles. The van der Waals surface area contributed by atoms with Gasteiger partial charge < -0.3 is 17.2 Å². The van der Waals surface area contributed by atoms with Gasteiger partial charge in [0.25, 0.3) is 0 Å². The van der Waals surface area contributed by atoms with Crippen LogP contribution in [0.5, 0.6) is 0 Å². The first-order chi connectivity index (χ1) is 6.18. The van der Waals surface area contributed by atoms with Gasteiger partial charge in [-0.1, -0.05) is 0 Å². The molecular weight excluding hydrogens is 166 g/mol. The fraction of sp³-hybridized carbons (Fsp3) is 0.500. The van der Waals surface area contributed by atoms with Crippen molar-refractivity contribution in [1.82, 2.24) is 9.97 Å². The molecule has 0 fully saturated rings. The first kappa shape index (κ1) is 8.25. The normalized spacial score (nSPS) is 21.2. The molecule has 5 heteroatoms. The van der Waals surface area contributed by atoms with Crippen LogP contribution in [0.3, 0.4) is 0 Å². The van der Waals surface area contributed by atoms with Crippen molar-refractivity contribution >= 4 is 11.8 Å². The van der Waals surface area contributed by atoms with Gasteiger partial charge in [-0.25, -0.2) is 4.98 Å². The number of fused-ring (bicyclic) bond motifs is 1. The van der Waals surface area contributed by atoms with Crippen LogP contribution in [-0.4, -0.2) is 9.97 Å². The highest BCUT2D eigenvalue weighted by atomic mass is 15.0. The van der Waals surface area contributed by atoms with Crippen LogP contribution in [0.2, 0.25) is 0 Å². The number of aromatic nitrogens is 2. The fourth-order valence-corrected chi connectivity index (χ4v) is 1.74. The molecule has 0 spiro atoms. The Labute approximate surface area is 76.3 Å². The summed E-state index contributed by atoms with van der Waals surface area (Å²) in [5.41, 5.74) is 18.9.